The number of amides is 3. The first-order chi connectivity index (χ1) is 11.4. The van der Waals surface area contributed by atoms with Gasteiger partial charge >= 0.3 is 6.03 Å². The highest BCUT2D eigenvalue weighted by Gasteiger charge is 2.18. The van der Waals surface area contributed by atoms with Crippen LogP contribution >= 0.6 is 0 Å². The minimum Gasteiger partial charge on any atom is -0.464 e. The Morgan fingerprint density at radius 1 is 1.33 bits per heavy atom. The summed E-state index contributed by atoms with van der Waals surface area (Å²) in [6.07, 6.45) is 1.52. The van der Waals surface area contributed by atoms with Gasteiger partial charge in [-0.3, -0.25) is 4.79 Å². The van der Waals surface area contributed by atoms with E-state index >= 15 is 0 Å². The van der Waals surface area contributed by atoms with Crippen molar-refractivity contribution in [3.63, 3.8) is 0 Å². The number of furan rings is 1. The zero-order valence-corrected chi connectivity index (χ0v) is 13.8. The number of anilines is 1. The molecule has 1 aromatic carbocycles. The molecule has 0 saturated heterocycles. The van der Waals surface area contributed by atoms with Crippen molar-refractivity contribution < 1.29 is 18.4 Å². The molecular formula is C17H20FN3O3. The zero-order valence-electron chi connectivity index (χ0n) is 13.8. The van der Waals surface area contributed by atoms with Crippen LogP contribution in [0.15, 0.2) is 41.0 Å². The van der Waals surface area contributed by atoms with Gasteiger partial charge in [-0.05, 0) is 30.3 Å². The molecule has 0 saturated carbocycles. The Morgan fingerprint density at radius 2 is 2.08 bits per heavy atom. The largest absolute Gasteiger partial charge is 0.464 e. The highest BCUT2D eigenvalue weighted by molar-refractivity contribution is 5.90. The van der Waals surface area contributed by atoms with E-state index in [1.54, 1.807) is 32.2 Å². The average Bonchev–Trinajstić information content (AvgIpc) is 3.10. The fourth-order valence-corrected chi connectivity index (χ4v) is 2.25. The number of carbonyl (C=O) groups is 2. The lowest BCUT2D eigenvalue weighted by atomic mass is 10.1. The Morgan fingerprint density at radius 3 is 2.71 bits per heavy atom. The third-order valence-corrected chi connectivity index (χ3v) is 3.60. The van der Waals surface area contributed by atoms with Crippen LogP contribution in [0.25, 0.3) is 11.3 Å². The van der Waals surface area contributed by atoms with Crippen LogP contribution in [0.2, 0.25) is 0 Å². The van der Waals surface area contributed by atoms with Crippen molar-refractivity contribution in [3.8, 4) is 11.3 Å². The molecular weight excluding hydrogens is 313 g/mol. The lowest BCUT2D eigenvalue weighted by Gasteiger charge is -2.21. The fraction of sp³-hybridized carbons (Fsp3) is 0.294. The molecule has 0 spiro atoms. The third kappa shape index (κ3) is 4.13. The molecule has 24 heavy (non-hydrogen) atoms. The standard InChI is InChI=1S/C17H20FN3O3/c1-11(16(22)19-2)10-21(3)17(23)20-14-9-12(6-7-13(14)18)15-5-4-8-24-15/h4-9,11H,10H2,1-3H3,(H,19,22)(H,20,23). The zero-order chi connectivity index (χ0) is 17.7. The van der Waals surface area contributed by atoms with Gasteiger partial charge in [0.2, 0.25) is 5.91 Å². The van der Waals surface area contributed by atoms with E-state index in [1.165, 1.54) is 30.3 Å². The fourth-order valence-electron chi connectivity index (χ4n) is 2.25. The molecule has 2 N–H and O–H groups in total. The van der Waals surface area contributed by atoms with Crippen LogP contribution in [-0.4, -0.2) is 37.5 Å². The molecule has 1 atom stereocenters. The summed E-state index contributed by atoms with van der Waals surface area (Å²) in [6, 6.07) is 7.31. The maximum absolute atomic E-state index is 14.0. The molecule has 1 unspecified atom stereocenters. The number of rotatable bonds is 5. The monoisotopic (exact) mass is 333 g/mol. The lowest BCUT2D eigenvalue weighted by molar-refractivity contribution is -0.124. The summed E-state index contributed by atoms with van der Waals surface area (Å²) >= 11 is 0. The van der Waals surface area contributed by atoms with E-state index < -0.39 is 11.8 Å². The van der Waals surface area contributed by atoms with Crippen molar-refractivity contribution in [2.24, 2.45) is 5.92 Å². The first-order valence-corrected chi connectivity index (χ1v) is 7.49. The predicted molar refractivity (Wildman–Crippen MR) is 89.0 cm³/mol. The normalized spacial score (nSPS) is 11.7. The van der Waals surface area contributed by atoms with E-state index in [0.717, 1.165) is 0 Å². The van der Waals surface area contributed by atoms with Crippen LogP contribution in [0.4, 0.5) is 14.9 Å². The SMILES string of the molecule is CNC(=O)C(C)CN(C)C(=O)Nc1cc(-c2ccco2)ccc1F. The number of hydrogen-bond acceptors (Lipinski definition) is 3. The van der Waals surface area contributed by atoms with Crippen LogP contribution in [-0.2, 0) is 4.79 Å². The Balaban J connectivity index is 2.08. The highest BCUT2D eigenvalue weighted by Crippen LogP contribution is 2.25. The van der Waals surface area contributed by atoms with Crippen LogP contribution in [0.1, 0.15) is 6.92 Å². The van der Waals surface area contributed by atoms with E-state index in [0.29, 0.717) is 11.3 Å². The maximum atomic E-state index is 14.0. The molecule has 2 rings (SSSR count). The summed E-state index contributed by atoms with van der Waals surface area (Å²) in [7, 11) is 3.08. The molecule has 7 heteroatoms. The van der Waals surface area contributed by atoms with Crippen LogP contribution in [0, 0.1) is 11.7 Å². The van der Waals surface area contributed by atoms with Gasteiger partial charge in [-0.1, -0.05) is 6.92 Å². The second kappa shape index (κ2) is 7.63. The number of nitrogens with one attached hydrogen (secondary N) is 2. The third-order valence-electron chi connectivity index (χ3n) is 3.60. The second-order valence-corrected chi connectivity index (χ2v) is 5.50. The summed E-state index contributed by atoms with van der Waals surface area (Å²) in [4.78, 5) is 25.1. The van der Waals surface area contributed by atoms with Crippen molar-refractivity contribution in [2.75, 3.05) is 26.0 Å². The summed E-state index contributed by atoms with van der Waals surface area (Å²) in [5.74, 6) is -0.510. The van der Waals surface area contributed by atoms with Gasteiger partial charge in [-0.25, -0.2) is 9.18 Å². The molecule has 0 aliphatic carbocycles. The van der Waals surface area contributed by atoms with Gasteiger partial charge in [0.15, 0.2) is 0 Å². The Bertz CT molecular complexity index is 716. The van der Waals surface area contributed by atoms with E-state index in [4.69, 9.17) is 4.42 Å². The smallest absolute Gasteiger partial charge is 0.321 e. The van der Waals surface area contributed by atoms with Crippen LogP contribution in [0.3, 0.4) is 0 Å². The van der Waals surface area contributed by atoms with Gasteiger partial charge in [0.25, 0.3) is 0 Å². The molecule has 0 bridgehead atoms. The van der Waals surface area contributed by atoms with Crippen molar-refractivity contribution in [1.82, 2.24) is 10.2 Å². The van der Waals surface area contributed by atoms with Gasteiger partial charge in [0.1, 0.15) is 11.6 Å². The molecule has 1 aromatic heterocycles. The van der Waals surface area contributed by atoms with Crippen molar-refractivity contribution in [2.45, 2.75) is 6.92 Å². The Hall–Kier alpha value is -2.83. The molecule has 0 fully saturated rings. The average molecular weight is 333 g/mol. The molecule has 3 amide bonds. The lowest BCUT2D eigenvalue weighted by Crippen LogP contribution is -2.39. The molecule has 0 radical (unpaired) electrons. The van der Waals surface area contributed by atoms with Crippen molar-refractivity contribution >= 4 is 17.6 Å². The van der Waals surface area contributed by atoms with E-state index in [1.807, 2.05) is 0 Å². The highest BCUT2D eigenvalue weighted by atomic mass is 19.1. The number of urea groups is 1. The Kier molecular flexibility index (Phi) is 5.57. The van der Waals surface area contributed by atoms with E-state index in [2.05, 4.69) is 10.6 Å². The summed E-state index contributed by atoms with van der Waals surface area (Å²) in [5.41, 5.74) is 0.700. The molecule has 0 aliphatic heterocycles. The topological polar surface area (TPSA) is 74.6 Å². The van der Waals surface area contributed by atoms with Crippen LogP contribution in [0.5, 0.6) is 0 Å². The number of carbonyl (C=O) groups excluding carboxylic acids is 2. The predicted octanol–water partition coefficient (Wildman–Crippen LogP) is 2.93. The minimum atomic E-state index is -0.550. The molecule has 1 heterocycles. The number of hydrogen-bond donors (Lipinski definition) is 2. The number of halogens is 1. The van der Waals surface area contributed by atoms with E-state index in [9.17, 15) is 14.0 Å². The minimum absolute atomic E-state index is 0.0494. The number of benzene rings is 1. The Labute approximate surface area is 139 Å². The number of nitrogens with zero attached hydrogens (tertiary/aromatic N) is 1. The first-order valence-electron chi connectivity index (χ1n) is 7.49. The molecule has 6 nitrogen and oxygen atoms in total. The quantitative estimate of drug-likeness (QED) is 0.883. The van der Waals surface area contributed by atoms with Crippen LogP contribution < -0.4 is 10.6 Å². The molecule has 128 valence electrons. The molecule has 2 aromatic rings. The second-order valence-electron chi connectivity index (χ2n) is 5.50. The maximum Gasteiger partial charge on any atom is 0.321 e. The van der Waals surface area contributed by atoms with Gasteiger partial charge in [0, 0.05) is 26.2 Å². The van der Waals surface area contributed by atoms with Crippen molar-refractivity contribution in [3.05, 3.63) is 42.4 Å². The summed E-state index contributed by atoms with van der Waals surface area (Å²) < 4.78 is 19.2. The van der Waals surface area contributed by atoms with Gasteiger partial charge in [0.05, 0.1) is 17.9 Å². The summed E-state index contributed by atoms with van der Waals surface area (Å²) in [5, 5.41) is 5.04. The van der Waals surface area contributed by atoms with E-state index in [-0.39, 0.29) is 24.1 Å². The summed E-state index contributed by atoms with van der Waals surface area (Å²) in [6.45, 7) is 1.92. The van der Waals surface area contributed by atoms with Crippen molar-refractivity contribution in [1.29, 1.82) is 0 Å². The molecule has 0 aliphatic rings. The van der Waals surface area contributed by atoms with Gasteiger partial charge in [-0.2, -0.15) is 0 Å². The van der Waals surface area contributed by atoms with Gasteiger partial charge in [-0.15, -0.1) is 0 Å². The van der Waals surface area contributed by atoms with Gasteiger partial charge < -0.3 is 20.0 Å². The first kappa shape index (κ1) is 17.5.